The van der Waals surface area contributed by atoms with E-state index in [9.17, 15) is 0 Å². The number of thioether (sulfide) groups is 1. The van der Waals surface area contributed by atoms with E-state index in [1.54, 1.807) is 14.2 Å². The van der Waals surface area contributed by atoms with Crippen molar-refractivity contribution in [2.24, 2.45) is 4.99 Å². The Hall–Kier alpha value is -1.29. The van der Waals surface area contributed by atoms with Gasteiger partial charge in [-0.1, -0.05) is 0 Å². The van der Waals surface area contributed by atoms with Crippen LogP contribution >= 0.6 is 35.7 Å². The Morgan fingerprint density at radius 2 is 2.07 bits per heavy atom. The van der Waals surface area contributed by atoms with E-state index >= 15 is 0 Å². The van der Waals surface area contributed by atoms with Crippen LogP contribution in [-0.4, -0.2) is 67.2 Å². The summed E-state index contributed by atoms with van der Waals surface area (Å²) in [6.45, 7) is 7.58. The van der Waals surface area contributed by atoms with Gasteiger partial charge in [0, 0.05) is 60.4 Å². The first-order valence-corrected chi connectivity index (χ1v) is 10.8. The number of guanidine groups is 1. The van der Waals surface area contributed by atoms with Crippen LogP contribution in [-0.2, 0) is 6.42 Å². The number of aromatic amines is 1. The molecule has 1 aromatic carbocycles. The lowest BCUT2D eigenvalue weighted by Crippen LogP contribution is -2.51. The maximum atomic E-state index is 5.50. The van der Waals surface area contributed by atoms with Crippen molar-refractivity contribution < 1.29 is 9.47 Å². The second kappa shape index (κ2) is 10.7. The average Bonchev–Trinajstić information content (AvgIpc) is 3.09. The largest absolute Gasteiger partial charge is 0.497 e. The van der Waals surface area contributed by atoms with Gasteiger partial charge in [-0.2, -0.15) is 11.8 Å². The van der Waals surface area contributed by atoms with Crippen LogP contribution in [0, 0.1) is 0 Å². The number of nitrogens with zero attached hydrogens (tertiary/aromatic N) is 2. The average molecular weight is 532 g/mol. The lowest BCUT2D eigenvalue weighted by atomic mass is 10.2. The lowest BCUT2D eigenvalue weighted by Gasteiger charge is -2.39. The third-order valence-electron chi connectivity index (χ3n) is 5.03. The third-order valence-corrected chi connectivity index (χ3v) is 6.33. The van der Waals surface area contributed by atoms with Gasteiger partial charge < -0.3 is 24.7 Å². The van der Waals surface area contributed by atoms with Crippen molar-refractivity contribution >= 4 is 52.6 Å². The molecular weight excluding hydrogens is 499 g/mol. The van der Waals surface area contributed by atoms with Crippen molar-refractivity contribution in [1.29, 1.82) is 0 Å². The van der Waals surface area contributed by atoms with E-state index in [0.717, 1.165) is 66.6 Å². The van der Waals surface area contributed by atoms with E-state index in [1.807, 2.05) is 30.9 Å². The van der Waals surface area contributed by atoms with Gasteiger partial charge in [-0.05, 0) is 32.8 Å². The molecular formula is C21H33IN4O2S. The summed E-state index contributed by atoms with van der Waals surface area (Å²) < 4.78 is 11.1. The number of aliphatic imine (C=N–C) groups is 1. The van der Waals surface area contributed by atoms with Gasteiger partial charge in [-0.15, -0.1) is 24.0 Å². The maximum absolute atomic E-state index is 5.50. The Kier molecular flexibility index (Phi) is 8.81. The summed E-state index contributed by atoms with van der Waals surface area (Å²) in [5.74, 6) is 3.79. The number of rotatable bonds is 6. The van der Waals surface area contributed by atoms with E-state index in [4.69, 9.17) is 9.47 Å². The monoisotopic (exact) mass is 532 g/mol. The first kappa shape index (κ1) is 24.0. The van der Waals surface area contributed by atoms with Crippen LogP contribution in [0.1, 0.15) is 26.0 Å². The Bertz CT molecular complexity index is 837. The van der Waals surface area contributed by atoms with Gasteiger partial charge >= 0.3 is 0 Å². The number of ether oxygens (including phenoxy) is 2. The molecule has 0 saturated carbocycles. The third kappa shape index (κ3) is 6.10. The number of hydrogen-bond acceptors (Lipinski definition) is 4. The van der Waals surface area contributed by atoms with Crippen molar-refractivity contribution in [3.8, 4) is 11.5 Å². The predicted molar refractivity (Wildman–Crippen MR) is 135 cm³/mol. The Morgan fingerprint density at radius 1 is 1.28 bits per heavy atom. The van der Waals surface area contributed by atoms with Crippen molar-refractivity contribution in [1.82, 2.24) is 15.2 Å². The molecule has 1 aromatic heterocycles. The number of benzene rings is 1. The summed E-state index contributed by atoms with van der Waals surface area (Å²) in [7, 11) is 5.23. The van der Waals surface area contributed by atoms with Gasteiger partial charge in [-0.3, -0.25) is 4.99 Å². The normalized spacial score (nSPS) is 16.4. The first-order chi connectivity index (χ1) is 13.5. The fraction of sp³-hybridized carbons (Fsp3) is 0.571. The SMILES string of the molecule is CN=C(NCCCc1cc2c(OC)cc(OC)cc2[nH]1)N1CCSC(C)(C)C1.I. The molecule has 2 heterocycles. The topological polar surface area (TPSA) is 61.9 Å². The van der Waals surface area contributed by atoms with Crippen molar-refractivity contribution in [2.45, 2.75) is 31.4 Å². The molecule has 3 rings (SSSR count). The van der Waals surface area contributed by atoms with Gasteiger partial charge in [0.25, 0.3) is 0 Å². The number of aromatic nitrogens is 1. The van der Waals surface area contributed by atoms with Gasteiger partial charge in [0.1, 0.15) is 11.5 Å². The van der Waals surface area contributed by atoms with Gasteiger partial charge in [-0.25, -0.2) is 0 Å². The zero-order valence-corrected chi connectivity index (χ0v) is 21.1. The van der Waals surface area contributed by atoms with Crippen LogP contribution < -0.4 is 14.8 Å². The molecule has 0 unspecified atom stereocenters. The molecule has 1 saturated heterocycles. The standard InChI is InChI=1S/C21H32N4O2S.HI/c1-21(2)14-25(9-10-28-21)20(22-3)23-8-6-7-15-11-17-18(24-15)12-16(26-4)13-19(17)27-5;/h11-13,24H,6-10,14H2,1-5H3,(H,22,23);1H. The highest BCUT2D eigenvalue weighted by Crippen LogP contribution is 2.32. The molecule has 8 heteroatoms. The number of hydrogen-bond donors (Lipinski definition) is 2. The van der Waals surface area contributed by atoms with Crippen LogP contribution in [0.25, 0.3) is 10.9 Å². The summed E-state index contributed by atoms with van der Waals surface area (Å²) in [5, 5.41) is 4.62. The highest BCUT2D eigenvalue weighted by atomic mass is 127. The van der Waals surface area contributed by atoms with Crippen molar-refractivity contribution in [3.63, 3.8) is 0 Å². The predicted octanol–water partition coefficient (Wildman–Crippen LogP) is 4.14. The molecule has 0 aliphatic carbocycles. The van der Waals surface area contributed by atoms with E-state index in [-0.39, 0.29) is 28.7 Å². The quantitative estimate of drug-likeness (QED) is 0.254. The molecule has 162 valence electrons. The van der Waals surface area contributed by atoms with Crippen LogP contribution in [0.15, 0.2) is 23.2 Å². The van der Waals surface area contributed by atoms with Crippen LogP contribution in [0.4, 0.5) is 0 Å². The highest BCUT2D eigenvalue weighted by Gasteiger charge is 2.28. The Labute approximate surface area is 195 Å². The molecule has 2 N–H and O–H groups in total. The molecule has 1 aliphatic rings. The Morgan fingerprint density at radius 3 is 2.72 bits per heavy atom. The molecule has 29 heavy (non-hydrogen) atoms. The zero-order valence-electron chi connectivity index (χ0n) is 18.0. The fourth-order valence-corrected chi connectivity index (χ4v) is 4.78. The minimum Gasteiger partial charge on any atom is -0.497 e. The van der Waals surface area contributed by atoms with Gasteiger partial charge in [0.15, 0.2) is 5.96 Å². The highest BCUT2D eigenvalue weighted by molar-refractivity contribution is 14.0. The molecule has 1 fully saturated rings. The summed E-state index contributed by atoms with van der Waals surface area (Å²) in [4.78, 5) is 10.3. The van der Waals surface area contributed by atoms with Gasteiger partial charge in [0.2, 0.25) is 0 Å². The minimum atomic E-state index is 0. The smallest absolute Gasteiger partial charge is 0.193 e. The molecule has 0 amide bonds. The number of H-pyrrole nitrogens is 1. The van der Waals surface area contributed by atoms with Crippen molar-refractivity contribution in [3.05, 3.63) is 23.9 Å². The molecule has 0 radical (unpaired) electrons. The van der Waals surface area contributed by atoms with E-state index in [0.29, 0.717) is 0 Å². The molecule has 6 nitrogen and oxygen atoms in total. The Balaban J connectivity index is 0.00000300. The van der Waals surface area contributed by atoms with Crippen LogP contribution in [0.2, 0.25) is 0 Å². The summed E-state index contributed by atoms with van der Waals surface area (Å²) >= 11 is 2.04. The number of nitrogens with one attached hydrogen (secondary N) is 2. The lowest BCUT2D eigenvalue weighted by molar-refractivity contribution is 0.375. The molecule has 1 aliphatic heterocycles. The zero-order chi connectivity index (χ0) is 20.1. The number of fused-ring (bicyclic) bond motifs is 1. The minimum absolute atomic E-state index is 0. The van der Waals surface area contributed by atoms with Gasteiger partial charge in [0.05, 0.1) is 19.7 Å². The number of halogens is 1. The number of methoxy groups -OCH3 is 2. The molecule has 0 bridgehead atoms. The van der Waals surface area contributed by atoms with E-state index in [1.165, 1.54) is 5.69 Å². The second-order valence-corrected chi connectivity index (χ2v) is 9.49. The van der Waals surface area contributed by atoms with Crippen LogP contribution in [0.3, 0.4) is 0 Å². The first-order valence-electron chi connectivity index (χ1n) is 9.79. The number of aryl methyl sites for hydroxylation is 1. The molecule has 2 aromatic rings. The summed E-state index contributed by atoms with van der Waals surface area (Å²) in [5.41, 5.74) is 2.25. The summed E-state index contributed by atoms with van der Waals surface area (Å²) in [6, 6.07) is 6.11. The maximum Gasteiger partial charge on any atom is 0.193 e. The molecule has 0 spiro atoms. The summed E-state index contributed by atoms with van der Waals surface area (Å²) in [6.07, 6.45) is 1.99. The van der Waals surface area contributed by atoms with Crippen LogP contribution in [0.5, 0.6) is 11.5 Å². The molecule has 0 atom stereocenters. The van der Waals surface area contributed by atoms with E-state index in [2.05, 4.69) is 40.1 Å². The van der Waals surface area contributed by atoms with Crippen molar-refractivity contribution in [2.75, 3.05) is 46.7 Å². The fourth-order valence-electron chi connectivity index (χ4n) is 3.67. The van der Waals surface area contributed by atoms with E-state index < -0.39 is 0 Å². The second-order valence-electron chi connectivity index (χ2n) is 7.69.